The molecule has 2 rings (SSSR count). The van der Waals surface area contributed by atoms with Crippen LogP contribution in [0.5, 0.6) is 11.5 Å². The number of rotatable bonds is 7. The first-order valence-electron chi connectivity index (χ1n) is 7.65. The highest BCUT2D eigenvalue weighted by atomic mass is 16.6. The van der Waals surface area contributed by atoms with Crippen LogP contribution in [-0.2, 0) is 4.79 Å². The van der Waals surface area contributed by atoms with E-state index >= 15 is 0 Å². The summed E-state index contributed by atoms with van der Waals surface area (Å²) in [5.41, 5.74) is 0.731. The van der Waals surface area contributed by atoms with Crippen LogP contribution in [0.25, 0.3) is 0 Å². The molecule has 21 heavy (non-hydrogen) atoms. The van der Waals surface area contributed by atoms with Crippen LogP contribution in [0.4, 0.5) is 5.69 Å². The average molecular weight is 292 g/mol. The van der Waals surface area contributed by atoms with Crippen LogP contribution >= 0.6 is 0 Å². The molecule has 0 aromatic heterocycles. The number of ether oxygens (including phenoxy) is 2. The van der Waals surface area contributed by atoms with Crippen molar-refractivity contribution in [2.75, 3.05) is 25.1 Å². The van der Waals surface area contributed by atoms with Crippen LogP contribution in [0.2, 0.25) is 0 Å². The third kappa shape index (κ3) is 4.63. The summed E-state index contributed by atoms with van der Waals surface area (Å²) in [6.07, 6.45) is 3.24. The van der Waals surface area contributed by atoms with Crippen molar-refractivity contribution in [1.82, 2.24) is 5.32 Å². The largest absolute Gasteiger partial charge is 0.486 e. The van der Waals surface area contributed by atoms with Crippen LogP contribution in [0.15, 0.2) is 18.2 Å². The molecule has 0 fully saturated rings. The third-order valence-electron chi connectivity index (χ3n) is 3.51. The van der Waals surface area contributed by atoms with Crippen molar-refractivity contribution >= 4 is 11.6 Å². The molecular weight excluding hydrogens is 268 g/mol. The molecular formula is C16H24N2O3. The van der Waals surface area contributed by atoms with Crippen molar-refractivity contribution in [3.63, 3.8) is 0 Å². The minimum Gasteiger partial charge on any atom is -0.486 e. The Morgan fingerprint density at radius 2 is 2.00 bits per heavy atom. The number of hydrogen-bond acceptors (Lipinski definition) is 4. The molecule has 0 saturated heterocycles. The van der Waals surface area contributed by atoms with Crippen LogP contribution in [-0.4, -0.2) is 31.7 Å². The number of benzene rings is 1. The van der Waals surface area contributed by atoms with Crippen LogP contribution in [0.1, 0.15) is 33.1 Å². The summed E-state index contributed by atoms with van der Waals surface area (Å²) in [5, 5.41) is 6.16. The lowest BCUT2D eigenvalue weighted by Gasteiger charge is -2.19. The van der Waals surface area contributed by atoms with Crippen LogP contribution < -0.4 is 20.1 Å². The number of carbonyl (C=O) groups excluding carboxylic acids is 1. The fraction of sp³-hybridized carbons (Fsp3) is 0.562. The molecule has 0 aliphatic carbocycles. The van der Waals surface area contributed by atoms with E-state index in [0.717, 1.165) is 30.7 Å². The lowest BCUT2D eigenvalue weighted by molar-refractivity contribution is -0.115. The van der Waals surface area contributed by atoms with Crippen LogP contribution in [0.3, 0.4) is 0 Å². The molecule has 1 atom stereocenters. The van der Waals surface area contributed by atoms with Gasteiger partial charge in [0.1, 0.15) is 13.2 Å². The molecule has 5 nitrogen and oxygen atoms in total. The summed E-state index contributed by atoms with van der Waals surface area (Å²) in [6, 6.07) is 5.86. The SMILES string of the molecule is CCCC(CC)NCC(=O)Nc1ccc2c(c1)OCCO2. The molecule has 0 radical (unpaired) electrons. The first-order valence-corrected chi connectivity index (χ1v) is 7.65. The fourth-order valence-corrected chi connectivity index (χ4v) is 2.36. The Bertz CT molecular complexity index is 477. The highest BCUT2D eigenvalue weighted by Crippen LogP contribution is 2.32. The van der Waals surface area contributed by atoms with Crippen molar-refractivity contribution in [1.29, 1.82) is 0 Å². The standard InChI is InChI=1S/C16H24N2O3/c1-3-5-12(4-2)17-11-16(19)18-13-6-7-14-15(10-13)21-9-8-20-14/h6-7,10,12,17H,3-5,8-9,11H2,1-2H3,(H,18,19). The number of hydrogen-bond donors (Lipinski definition) is 2. The maximum Gasteiger partial charge on any atom is 0.238 e. The highest BCUT2D eigenvalue weighted by Gasteiger charge is 2.13. The van der Waals surface area contributed by atoms with E-state index in [1.807, 2.05) is 12.1 Å². The van der Waals surface area contributed by atoms with Gasteiger partial charge in [0.15, 0.2) is 11.5 Å². The number of amides is 1. The molecule has 1 aliphatic rings. The van der Waals surface area contributed by atoms with E-state index in [4.69, 9.17) is 9.47 Å². The van der Waals surface area contributed by atoms with Crippen molar-refractivity contribution in [2.45, 2.75) is 39.2 Å². The Morgan fingerprint density at radius 3 is 2.71 bits per heavy atom. The van der Waals surface area contributed by atoms with Gasteiger partial charge in [0.05, 0.1) is 6.54 Å². The van der Waals surface area contributed by atoms with Crippen molar-refractivity contribution in [2.24, 2.45) is 0 Å². The van der Waals surface area contributed by atoms with Gasteiger partial charge >= 0.3 is 0 Å². The predicted octanol–water partition coefficient (Wildman–Crippen LogP) is 2.56. The fourth-order valence-electron chi connectivity index (χ4n) is 2.36. The first-order chi connectivity index (χ1) is 10.2. The Kier molecular flexibility index (Phi) is 5.87. The van der Waals surface area contributed by atoms with Gasteiger partial charge in [0.2, 0.25) is 5.91 Å². The second kappa shape index (κ2) is 7.88. The van der Waals surface area contributed by atoms with Gasteiger partial charge in [-0.3, -0.25) is 4.79 Å². The number of anilines is 1. The van der Waals surface area contributed by atoms with Crippen LogP contribution in [0, 0.1) is 0 Å². The molecule has 116 valence electrons. The number of fused-ring (bicyclic) bond motifs is 1. The summed E-state index contributed by atoms with van der Waals surface area (Å²) in [4.78, 5) is 12.0. The Labute approximate surface area is 126 Å². The van der Waals surface area contributed by atoms with Gasteiger partial charge < -0.3 is 20.1 Å². The summed E-state index contributed by atoms with van der Waals surface area (Å²) in [7, 11) is 0. The van der Waals surface area contributed by atoms with E-state index < -0.39 is 0 Å². The molecule has 2 N–H and O–H groups in total. The smallest absolute Gasteiger partial charge is 0.238 e. The predicted molar refractivity (Wildman–Crippen MR) is 83.1 cm³/mol. The minimum atomic E-state index is -0.0405. The zero-order valence-electron chi connectivity index (χ0n) is 12.8. The van der Waals surface area contributed by atoms with Gasteiger partial charge in [-0.2, -0.15) is 0 Å². The number of nitrogens with one attached hydrogen (secondary N) is 2. The summed E-state index contributed by atoms with van der Waals surface area (Å²) >= 11 is 0. The molecule has 0 spiro atoms. The minimum absolute atomic E-state index is 0.0405. The Morgan fingerprint density at radius 1 is 1.24 bits per heavy atom. The van der Waals surface area contributed by atoms with E-state index in [-0.39, 0.29) is 5.91 Å². The average Bonchev–Trinajstić information content (AvgIpc) is 2.51. The molecule has 1 heterocycles. The molecule has 1 amide bonds. The van der Waals surface area contributed by atoms with E-state index in [1.165, 1.54) is 0 Å². The molecule has 0 bridgehead atoms. The second-order valence-corrected chi connectivity index (χ2v) is 5.18. The first kappa shape index (κ1) is 15.6. The molecule has 1 unspecified atom stereocenters. The van der Waals surface area contributed by atoms with Gasteiger partial charge in [0, 0.05) is 17.8 Å². The van der Waals surface area contributed by atoms with Crippen molar-refractivity contribution < 1.29 is 14.3 Å². The number of carbonyl (C=O) groups is 1. The molecule has 5 heteroatoms. The molecule has 1 aromatic rings. The normalized spacial score (nSPS) is 14.6. The van der Waals surface area contributed by atoms with E-state index in [2.05, 4.69) is 24.5 Å². The van der Waals surface area contributed by atoms with E-state index in [1.54, 1.807) is 6.07 Å². The second-order valence-electron chi connectivity index (χ2n) is 5.18. The summed E-state index contributed by atoms with van der Waals surface area (Å²) in [6.45, 7) is 5.72. The van der Waals surface area contributed by atoms with Crippen molar-refractivity contribution in [3.8, 4) is 11.5 Å². The molecule has 1 aromatic carbocycles. The lowest BCUT2D eigenvalue weighted by atomic mass is 10.1. The quantitative estimate of drug-likeness (QED) is 0.811. The lowest BCUT2D eigenvalue weighted by Crippen LogP contribution is -2.35. The summed E-state index contributed by atoms with van der Waals surface area (Å²) in [5.74, 6) is 1.37. The van der Waals surface area contributed by atoms with Gasteiger partial charge in [-0.15, -0.1) is 0 Å². The zero-order valence-corrected chi connectivity index (χ0v) is 12.8. The van der Waals surface area contributed by atoms with E-state index in [9.17, 15) is 4.79 Å². The monoisotopic (exact) mass is 292 g/mol. The van der Waals surface area contributed by atoms with E-state index in [0.29, 0.717) is 31.5 Å². The molecule has 0 saturated carbocycles. The van der Waals surface area contributed by atoms with Gasteiger partial charge in [-0.1, -0.05) is 20.3 Å². The zero-order chi connectivity index (χ0) is 15.1. The maximum atomic E-state index is 12.0. The Balaban J connectivity index is 1.85. The maximum absolute atomic E-state index is 12.0. The molecule has 1 aliphatic heterocycles. The van der Waals surface area contributed by atoms with Gasteiger partial charge in [0.25, 0.3) is 0 Å². The third-order valence-corrected chi connectivity index (χ3v) is 3.51. The Hall–Kier alpha value is -1.75. The van der Waals surface area contributed by atoms with Gasteiger partial charge in [-0.25, -0.2) is 0 Å². The topological polar surface area (TPSA) is 59.6 Å². The van der Waals surface area contributed by atoms with Crippen molar-refractivity contribution in [3.05, 3.63) is 18.2 Å². The summed E-state index contributed by atoms with van der Waals surface area (Å²) < 4.78 is 11.0. The highest BCUT2D eigenvalue weighted by molar-refractivity contribution is 5.92. The van der Waals surface area contributed by atoms with Gasteiger partial charge in [-0.05, 0) is 25.0 Å².